The van der Waals surface area contributed by atoms with Crippen LogP contribution in [0, 0.1) is 6.92 Å². The normalized spacial score (nSPS) is 10.9. The van der Waals surface area contributed by atoms with Crippen molar-refractivity contribution in [1.82, 2.24) is 19.6 Å². The third-order valence-electron chi connectivity index (χ3n) is 3.08. The third-order valence-corrected chi connectivity index (χ3v) is 4.06. The van der Waals surface area contributed by atoms with E-state index >= 15 is 0 Å². The summed E-state index contributed by atoms with van der Waals surface area (Å²) in [5, 5.41) is 8.76. The van der Waals surface area contributed by atoms with Gasteiger partial charge >= 0.3 is 0 Å². The van der Waals surface area contributed by atoms with Crippen molar-refractivity contribution in [3.8, 4) is 5.69 Å². The van der Waals surface area contributed by atoms with E-state index in [1.165, 1.54) is 0 Å². The topological polar surface area (TPSA) is 61.7 Å². The number of para-hydroxylation sites is 1. The van der Waals surface area contributed by atoms with E-state index in [1.54, 1.807) is 4.68 Å². The molecule has 1 aromatic carbocycles. The second kappa shape index (κ2) is 5.13. The van der Waals surface area contributed by atoms with Gasteiger partial charge in [0.25, 0.3) is 0 Å². The predicted molar refractivity (Wildman–Crippen MR) is 81.7 cm³/mol. The van der Waals surface area contributed by atoms with Crippen LogP contribution in [-0.2, 0) is 6.54 Å². The zero-order valence-electron chi connectivity index (χ0n) is 11.0. The van der Waals surface area contributed by atoms with E-state index in [0.29, 0.717) is 12.4 Å². The lowest BCUT2D eigenvalue weighted by Gasteiger charge is -2.02. The summed E-state index contributed by atoms with van der Waals surface area (Å²) in [5.41, 5.74) is 8.97. The van der Waals surface area contributed by atoms with Crippen LogP contribution >= 0.6 is 15.9 Å². The Balaban J connectivity index is 1.86. The van der Waals surface area contributed by atoms with Gasteiger partial charge in [0.15, 0.2) is 0 Å². The fourth-order valence-corrected chi connectivity index (χ4v) is 2.32. The Labute approximate surface area is 125 Å². The fraction of sp³-hybridized carbons (Fsp3) is 0.143. The molecule has 0 saturated carbocycles. The van der Waals surface area contributed by atoms with Gasteiger partial charge in [-0.1, -0.05) is 18.2 Å². The molecule has 0 aliphatic heterocycles. The Hall–Kier alpha value is -2.08. The van der Waals surface area contributed by atoms with Gasteiger partial charge in [-0.2, -0.15) is 10.2 Å². The average Bonchev–Trinajstić information content (AvgIpc) is 3.02. The summed E-state index contributed by atoms with van der Waals surface area (Å²) in [6.45, 7) is 2.52. The van der Waals surface area contributed by atoms with E-state index in [0.717, 1.165) is 21.4 Å². The highest BCUT2D eigenvalue weighted by Crippen LogP contribution is 2.23. The largest absolute Gasteiger partial charge is 0.383 e. The first kappa shape index (κ1) is 12.9. The first-order valence-corrected chi connectivity index (χ1v) is 7.02. The van der Waals surface area contributed by atoms with Crippen LogP contribution in [0.4, 0.5) is 5.82 Å². The van der Waals surface area contributed by atoms with Gasteiger partial charge in [-0.15, -0.1) is 0 Å². The molecule has 102 valence electrons. The second-order valence-electron chi connectivity index (χ2n) is 4.57. The zero-order chi connectivity index (χ0) is 14.1. The summed E-state index contributed by atoms with van der Waals surface area (Å²) in [7, 11) is 0. The first-order valence-electron chi connectivity index (χ1n) is 6.22. The van der Waals surface area contributed by atoms with Crippen molar-refractivity contribution in [3.05, 3.63) is 58.5 Å². The minimum Gasteiger partial charge on any atom is -0.383 e. The molecule has 0 aliphatic rings. The molecule has 0 aliphatic carbocycles. The van der Waals surface area contributed by atoms with E-state index in [9.17, 15) is 0 Å². The maximum atomic E-state index is 6.00. The molecule has 0 unspecified atom stereocenters. The molecule has 0 radical (unpaired) electrons. The molecule has 0 fully saturated rings. The minimum atomic E-state index is 0.602. The van der Waals surface area contributed by atoms with Crippen LogP contribution in [0.3, 0.4) is 0 Å². The number of anilines is 1. The number of halogens is 1. The van der Waals surface area contributed by atoms with Crippen LogP contribution < -0.4 is 5.73 Å². The van der Waals surface area contributed by atoms with Gasteiger partial charge in [0.2, 0.25) is 0 Å². The second-order valence-corrected chi connectivity index (χ2v) is 5.36. The molecule has 0 atom stereocenters. The van der Waals surface area contributed by atoms with E-state index < -0.39 is 0 Å². The number of nitrogens with zero attached hydrogens (tertiary/aromatic N) is 4. The molecule has 0 bridgehead atoms. The zero-order valence-corrected chi connectivity index (χ0v) is 12.6. The van der Waals surface area contributed by atoms with Crippen molar-refractivity contribution in [2.45, 2.75) is 13.5 Å². The van der Waals surface area contributed by atoms with Crippen LogP contribution in [0.2, 0.25) is 0 Å². The number of rotatable bonds is 3. The highest BCUT2D eigenvalue weighted by atomic mass is 79.9. The lowest BCUT2D eigenvalue weighted by molar-refractivity contribution is 0.689. The van der Waals surface area contributed by atoms with Crippen molar-refractivity contribution in [2.24, 2.45) is 0 Å². The molecule has 0 amide bonds. The van der Waals surface area contributed by atoms with E-state index in [2.05, 4.69) is 26.1 Å². The monoisotopic (exact) mass is 331 g/mol. The Morgan fingerprint density at radius 3 is 2.65 bits per heavy atom. The lowest BCUT2D eigenvalue weighted by atomic mass is 10.3. The summed E-state index contributed by atoms with van der Waals surface area (Å²) in [4.78, 5) is 0. The highest BCUT2D eigenvalue weighted by Gasteiger charge is 2.10. The average molecular weight is 332 g/mol. The van der Waals surface area contributed by atoms with Crippen molar-refractivity contribution >= 4 is 21.7 Å². The van der Waals surface area contributed by atoms with Crippen LogP contribution in [0.25, 0.3) is 5.69 Å². The van der Waals surface area contributed by atoms with Crippen LogP contribution in [0.15, 0.2) is 47.2 Å². The van der Waals surface area contributed by atoms with E-state index in [-0.39, 0.29) is 0 Å². The molecule has 2 heterocycles. The van der Waals surface area contributed by atoms with Crippen molar-refractivity contribution < 1.29 is 0 Å². The molecule has 2 aromatic heterocycles. The Kier molecular flexibility index (Phi) is 3.31. The first-order chi connectivity index (χ1) is 9.65. The number of benzene rings is 1. The highest BCUT2D eigenvalue weighted by molar-refractivity contribution is 9.10. The minimum absolute atomic E-state index is 0.602. The molecule has 3 rings (SSSR count). The Bertz CT molecular complexity index is 729. The standard InChI is InChI=1S/C14H14BrN5/c1-10-13(15)14(16)20(18-10)9-11-7-17-19(8-11)12-5-3-2-4-6-12/h2-8H,9,16H2,1H3. The summed E-state index contributed by atoms with van der Waals surface area (Å²) in [6.07, 6.45) is 3.82. The number of nitrogen functional groups attached to an aromatic ring is 1. The van der Waals surface area contributed by atoms with Crippen LogP contribution in [0.1, 0.15) is 11.3 Å². The molecule has 0 saturated heterocycles. The van der Waals surface area contributed by atoms with Gasteiger partial charge in [-0.25, -0.2) is 9.36 Å². The summed E-state index contributed by atoms with van der Waals surface area (Å²) in [5.74, 6) is 0.634. The molecular formula is C14H14BrN5. The summed E-state index contributed by atoms with van der Waals surface area (Å²) in [6, 6.07) is 9.99. The van der Waals surface area contributed by atoms with Crippen molar-refractivity contribution in [3.63, 3.8) is 0 Å². The van der Waals surface area contributed by atoms with Crippen molar-refractivity contribution in [1.29, 1.82) is 0 Å². The van der Waals surface area contributed by atoms with Gasteiger partial charge in [0.1, 0.15) is 5.82 Å². The Morgan fingerprint density at radius 2 is 2.00 bits per heavy atom. The van der Waals surface area contributed by atoms with Crippen LogP contribution in [0.5, 0.6) is 0 Å². The number of aromatic nitrogens is 4. The molecule has 5 nitrogen and oxygen atoms in total. The number of hydrogen-bond donors (Lipinski definition) is 1. The van der Waals surface area contributed by atoms with Crippen LogP contribution in [-0.4, -0.2) is 19.6 Å². The molecular weight excluding hydrogens is 318 g/mol. The van der Waals surface area contributed by atoms with Gasteiger partial charge < -0.3 is 5.73 Å². The van der Waals surface area contributed by atoms with Gasteiger partial charge in [0, 0.05) is 11.8 Å². The van der Waals surface area contributed by atoms with E-state index in [1.807, 2.05) is 54.3 Å². The smallest absolute Gasteiger partial charge is 0.136 e. The van der Waals surface area contributed by atoms with Gasteiger partial charge in [-0.3, -0.25) is 0 Å². The maximum absolute atomic E-state index is 6.00. The lowest BCUT2D eigenvalue weighted by Crippen LogP contribution is -2.05. The third kappa shape index (κ3) is 2.34. The molecule has 20 heavy (non-hydrogen) atoms. The van der Waals surface area contributed by atoms with Gasteiger partial charge in [-0.05, 0) is 35.0 Å². The molecule has 0 spiro atoms. The molecule has 2 N–H and O–H groups in total. The summed E-state index contributed by atoms with van der Waals surface area (Å²) < 4.78 is 4.47. The Morgan fingerprint density at radius 1 is 1.25 bits per heavy atom. The molecule has 6 heteroatoms. The number of aryl methyl sites for hydroxylation is 1. The quantitative estimate of drug-likeness (QED) is 0.802. The number of hydrogen-bond acceptors (Lipinski definition) is 3. The number of nitrogens with two attached hydrogens (primary N) is 1. The maximum Gasteiger partial charge on any atom is 0.136 e. The SMILES string of the molecule is Cc1nn(Cc2cnn(-c3ccccc3)c2)c(N)c1Br. The summed E-state index contributed by atoms with van der Waals surface area (Å²) >= 11 is 3.43. The molecule has 3 aromatic rings. The van der Waals surface area contributed by atoms with E-state index in [4.69, 9.17) is 5.73 Å². The van der Waals surface area contributed by atoms with Gasteiger partial charge in [0.05, 0.1) is 28.6 Å². The fourth-order valence-electron chi connectivity index (χ4n) is 2.03. The predicted octanol–water partition coefficient (Wildman–Crippen LogP) is 2.77. The van der Waals surface area contributed by atoms with Crippen molar-refractivity contribution in [2.75, 3.05) is 5.73 Å².